The summed E-state index contributed by atoms with van der Waals surface area (Å²) in [6.07, 6.45) is 6.51. The Hall–Kier alpha value is -1.14. The summed E-state index contributed by atoms with van der Waals surface area (Å²) in [5.74, 6) is 0.677. The molecule has 2 heterocycles. The smallest absolute Gasteiger partial charge is 0.423 e. The van der Waals surface area contributed by atoms with Crippen molar-refractivity contribution in [1.29, 1.82) is 0 Å². The van der Waals surface area contributed by atoms with Crippen LogP contribution < -0.4 is 10.4 Å². The van der Waals surface area contributed by atoms with Gasteiger partial charge in [-0.05, 0) is 26.2 Å². The van der Waals surface area contributed by atoms with E-state index in [0.717, 1.165) is 19.4 Å². The molecule has 1 aliphatic rings. The Balaban J connectivity index is 2.14. The van der Waals surface area contributed by atoms with Crippen molar-refractivity contribution >= 4 is 18.5 Å². The predicted octanol–water partition coefficient (Wildman–Crippen LogP) is -0.465. The highest BCUT2D eigenvalue weighted by Gasteiger charge is 2.21. The molecule has 1 fully saturated rings. The van der Waals surface area contributed by atoms with Gasteiger partial charge in [-0.25, -0.2) is 9.97 Å². The highest BCUT2D eigenvalue weighted by atomic mass is 16.4. The van der Waals surface area contributed by atoms with E-state index in [1.807, 2.05) is 0 Å². The number of piperidine rings is 1. The molecule has 1 aromatic heterocycles. The predicted molar refractivity (Wildman–Crippen MR) is 62.5 cm³/mol. The average molecular weight is 221 g/mol. The zero-order valence-corrected chi connectivity index (χ0v) is 9.37. The molecule has 0 aromatic carbocycles. The molecule has 0 spiro atoms. The van der Waals surface area contributed by atoms with Gasteiger partial charge in [-0.15, -0.1) is 0 Å². The van der Waals surface area contributed by atoms with Crippen molar-refractivity contribution in [2.75, 3.05) is 11.4 Å². The van der Waals surface area contributed by atoms with Crippen molar-refractivity contribution in [3.8, 4) is 0 Å². The van der Waals surface area contributed by atoms with Crippen LogP contribution in [0.25, 0.3) is 0 Å². The molecule has 0 amide bonds. The summed E-state index contributed by atoms with van der Waals surface area (Å²) in [7, 11) is -1.49. The Morgan fingerprint density at radius 1 is 1.31 bits per heavy atom. The monoisotopic (exact) mass is 221 g/mol. The van der Waals surface area contributed by atoms with Crippen molar-refractivity contribution in [3.05, 3.63) is 12.4 Å². The van der Waals surface area contributed by atoms with Gasteiger partial charge < -0.3 is 14.9 Å². The van der Waals surface area contributed by atoms with Gasteiger partial charge in [-0.2, -0.15) is 0 Å². The second-order valence-electron chi connectivity index (χ2n) is 4.23. The van der Waals surface area contributed by atoms with Crippen LogP contribution in [0.15, 0.2) is 12.4 Å². The number of aromatic nitrogens is 2. The molecule has 2 N–H and O–H groups in total. The Bertz CT molecular complexity index is 344. The molecule has 1 aromatic rings. The quantitative estimate of drug-likeness (QED) is 0.661. The first-order chi connectivity index (χ1) is 7.68. The summed E-state index contributed by atoms with van der Waals surface area (Å²) in [5, 5.41) is 17.9. The number of rotatable bonds is 2. The molecule has 16 heavy (non-hydrogen) atoms. The number of nitrogens with zero attached hydrogens (tertiary/aromatic N) is 3. The van der Waals surface area contributed by atoms with Gasteiger partial charge in [0.25, 0.3) is 0 Å². The second-order valence-corrected chi connectivity index (χ2v) is 4.23. The summed E-state index contributed by atoms with van der Waals surface area (Å²) < 4.78 is 0. The Kier molecular flexibility index (Phi) is 3.41. The molecule has 0 bridgehead atoms. The molecule has 2 rings (SSSR count). The molecule has 5 nitrogen and oxygen atoms in total. The molecule has 0 aliphatic carbocycles. The van der Waals surface area contributed by atoms with E-state index in [1.54, 1.807) is 0 Å². The lowest BCUT2D eigenvalue weighted by Gasteiger charge is -2.33. The summed E-state index contributed by atoms with van der Waals surface area (Å²) in [6, 6.07) is 0.457. The normalized spacial score (nSPS) is 20.9. The van der Waals surface area contributed by atoms with Crippen LogP contribution in [0, 0.1) is 0 Å². The highest BCUT2D eigenvalue weighted by molar-refractivity contribution is 6.58. The highest BCUT2D eigenvalue weighted by Crippen LogP contribution is 2.20. The molecular weight excluding hydrogens is 205 g/mol. The van der Waals surface area contributed by atoms with Crippen LogP contribution in [0.2, 0.25) is 0 Å². The summed E-state index contributed by atoms with van der Waals surface area (Å²) >= 11 is 0. The third-order valence-electron chi connectivity index (χ3n) is 3.02. The van der Waals surface area contributed by atoms with Gasteiger partial charge in [-0.3, -0.25) is 0 Å². The summed E-state index contributed by atoms with van der Waals surface area (Å²) in [5.41, 5.74) is 0.327. The van der Waals surface area contributed by atoms with Gasteiger partial charge >= 0.3 is 7.12 Å². The molecule has 86 valence electrons. The van der Waals surface area contributed by atoms with Crippen molar-refractivity contribution < 1.29 is 10.0 Å². The lowest BCUT2D eigenvalue weighted by molar-refractivity contribution is 0.425. The zero-order chi connectivity index (χ0) is 11.5. The first-order valence-corrected chi connectivity index (χ1v) is 5.63. The van der Waals surface area contributed by atoms with Gasteiger partial charge in [-0.1, -0.05) is 0 Å². The van der Waals surface area contributed by atoms with Crippen LogP contribution in [-0.4, -0.2) is 39.7 Å². The SMILES string of the molecule is CC1CCCCN1c1ncc(B(O)O)cn1. The van der Waals surface area contributed by atoms with E-state index < -0.39 is 7.12 Å². The van der Waals surface area contributed by atoms with Gasteiger partial charge in [0.2, 0.25) is 5.95 Å². The van der Waals surface area contributed by atoms with Crippen LogP contribution >= 0.6 is 0 Å². The van der Waals surface area contributed by atoms with Crippen molar-refractivity contribution in [1.82, 2.24) is 9.97 Å². The third-order valence-corrected chi connectivity index (χ3v) is 3.02. The minimum absolute atomic E-state index is 0.327. The number of hydrogen-bond donors (Lipinski definition) is 2. The third kappa shape index (κ3) is 2.33. The molecular formula is C10H16BN3O2. The van der Waals surface area contributed by atoms with E-state index in [4.69, 9.17) is 10.0 Å². The summed E-state index contributed by atoms with van der Waals surface area (Å²) in [4.78, 5) is 10.5. The number of anilines is 1. The minimum atomic E-state index is -1.49. The van der Waals surface area contributed by atoms with Crippen LogP contribution in [0.4, 0.5) is 5.95 Å². The Labute approximate surface area is 95.3 Å². The molecule has 1 atom stereocenters. The van der Waals surface area contributed by atoms with Crippen LogP contribution in [0.3, 0.4) is 0 Å². The van der Waals surface area contributed by atoms with Crippen LogP contribution in [0.1, 0.15) is 26.2 Å². The topological polar surface area (TPSA) is 69.5 Å². The van der Waals surface area contributed by atoms with E-state index in [1.165, 1.54) is 18.8 Å². The fraction of sp³-hybridized carbons (Fsp3) is 0.600. The molecule has 0 radical (unpaired) electrons. The van der Waals surface area contributed by atoms with Crippen LogP contribution in [-0.2, 0) is 0 Å². The van der Waals surface area contributed by atoms with Gasteiger partial charge in [0.15, 0.2) is 0 Å². The minimum Gasteiger partial charge on any atom is -0.423 e. The fourth-order valence-electron chi connectivity index (χ4n) is 2.01. The molecule has 1 unspecified atom stereocenters. The second kappa shape index (κ2) is 4.80. The largest absolute Gasteiger partial charge is 0.491 e. The Morgan fingerprint density at radius 3 is 2.56 bits per heavy atom. The first-order valence-electron chi connectivity index (χ1n) is 5.63. The maximum atomic E-state index is 8.94. The maximum absolute atomic E-state index is 8.94. The molecule has 6 heteroatoms. The fourth-order valence-corrected chi connectivity index (χ4v) is 2.01. The first kappa shape index (κ1) is 11.4. The average Bonchev–Trinajstić information content (AvgIpc) is 2.30. The van der Waals surface area contributed by atoms with E-state index >= 15 is 0 Å². The van der Waals surface area contributed by atoms with E-state index in [0.29, 0.717) is 17.5 Å². The van der Waals surface area contributed by atoms with Crippen molar-refractivity contribution in [2.24, 2.45) is 0 Å². The van der Waals surface area contributed by atoms with E-state index in [9.17, 15) is 0 Å². The van der Waals surface area contributed by atoms with Gasteiger partial charge in [0.05, 0.1) is 0 Å². The standard InChI is InChI=1S/C10H16BN3O2/c1-8-4-2-3-5-14(8)10-12-6-9(7-13-10)11(15)16/h6-8,15-16H,2-5H2,1H3. The van der Waals surface area contributed by atoms with Gasteiger partial charge in [0.1, 0.15) is 0 Å². The van der Waals surface area contributed by atoms with Gasteiger partial charge in [0, 0.05) is 30.4 Å². The Morgan fingerprint density at radius 2 is 2.00 bits per heavy atom. The number of hydrogen-bond acceptors (Lipinski definition) is 5. The van der Waals surface area contributed by atoms with Crippen molar-refractivity contribution in [2.45, 2.75) is 32.2 Å². The maximum Gasteiger partial charge on any atom is 0.491 e. The van der Waals surface area contributed by atoms with E-state index in [2.05, 4.69) is 21.8 Å². The lowest BCUT2D eigenvalue weighted by Crippen LogP contribution is -2.39. The molecule has 1 saturated heterocycles. The lowest BCUT2D eigenvalue weighted by atomic mass is 9.83. The zero-order valence-electron chi connectivity index (χ0n) is 9.37. The van der Waals surface area contributed by atoms with Crippen molar-refractivity contribution in [3.63, 3.8) is 0 Å². The summed E-state index contributed by atoms with van der Waals surface area (Å²) in [6.45, 7) is 3.14. The van der Waals surface area contributed by atoms with Crippen LogP contribution in [0.5, 0.6) is 0 Å². The van der Waals surface area contributed by atoms with E-state index in [-0.39, 0.29) is 0 Å². The molecule has 1 aliphatic heterocycles. The molecule has 0 saturated carbocycles.